The lowest BCUT2D eigenvalue weighted by Gasteiger charge is -2.27. The van der Waals surface area contributed by atoms with E-state index in [2.05, 4.69) is 20.9 Å². The van der Waals surface area contributed by atoms with E-state index in [-0.39, 0.29) is 0 Å². The normalized spacial score (nSPS) is 13.2. The summed E-state index contributed by atoms with van der Waals surface area (Å²) in [4.78, 5) is 20.4. The number of hydrogen-bond donors (Lipinski definition) is 4. The Bertz CT molecular complexity index is 199. The molecule has 1 unspecified atom stereocenters. The van der Waals surface area contributed by atoms with Crippen LogP contribution in [-0.2, 0) is 9.47 Å². The number of rotatable bonds is 3. The number of nitrogens with two attached hydrogens (primary N) is 2. The third kappa shape index (κ3) is 3.58. The highest BCUT2D eigenvalue weighted by Gasteiger charge is 2.41. The molecule has 76 valence electrons. The summed E-state index contributed by atoms with van der Waals surface area (Å²) in [5, 5.41) is 18.0. The number of ether oxygens (including phenoxy) is 2. The van der Waals surface area contributed by atoms with Crippen LogP contribution < -0.4 is 11.5 Å². The summed E-state index contributed by atoms with van der Waals surface area (Å²) < 4.78 is 7.86. The minimum absolute atomic E-state index is 1.01. The minimum Gasteiger partial charge on any atom is -0.382 e. The number of aliphatic hydroxyl groups is 2. The molecule has 0 aliphatic carbocycles. The van der Waals surface area contributed by atoms with Gasteiger partial charge in [0.25, 0.3) is 0 Å². The number of hydrogen-bond acceptors (Lipinski definition) is 6. The molecule has 2 amide bonds. The van der Waals surface area contributed by atoms with Crippen LogP contribution in [0.3, 0.4) is 0 Å². The Morgan fingerprint density at radius 1 is 1.31 bits per heavy atom. The summed E-state index contributed by atoms with van der Waals surface area (Å²) in [5.41, 5.74) is 9.06. The average molecular weight is 194 g/mol. The predicted molar refractivity (Wildman–Crippen MR) is 38.0 cm³/mol. The molecule has 0 aromatic heterocycles. The predicted octanol–water partition coefficient (Wildman–Crippen LogP) is -1.80. The minimum atomic E-state index is -2.85. The third-order valence-corrected chi connectivity index (χ3v) is 1.02. The van der Waals surface area contributed by atoms with Crippen LogP contribution in [-0.4, -0.2) is 34.5 Å². The molecule has 0 saturated carbocycles. The molecule has 0 aliphatic heterocycles. The van der Waals surface area contributed by atoms with Crippen molar-refractivity contribution in [3.63, 3.8) is 0 Å². The van der Waals surface area contributed by atoms with Gasteiger partial charge in [0.15, 0.2) is 6.10 Å². The average Bonchev–Trinajstić information content (AvgIpc) is 1.82. The van der Waals surface area contributed by atoms with Crippen LogP contribution in [0.5, 0.6) is 0 Å². The second kappa shape index (κ2) is 3.92. The van der Waals surface area contributed by atoms with Crippen LogP contribution in [0.2, 0.25) is 0 Å². The van der Waals surface area contributed by atoms with Gasteiger partial charge in [0.1, 0.15) is 0 Å². The zero-order valence-corrected chi connectivity index (χ0v) is 6.76. The number of primary amides is 2. The van der Waals surface area contributed by atoms with Crippen molar-refractivity contribution in [2.24, 2.45) is 11.5 Å². The van der Waals surface area contributed by atoms with Gasteiger partial charge in [-0.2, -0.15) is 0 Å². The fourth-order valence-electron chi connectivity index (χ4n) is 0.480. The molecule has 0 rings (SSSR count). The first kappa shape index (κ1) is 11.5. The van der Waals surface area contributed by atoms with E-state index in [4.69, 9.17) is 10.2 Å². The summed E-state index contributed by atoms with van der Waals surface area (Å²) in [5.74, 6) is -2.85. The van der Waals surface area contributed by atoms with Crippen LogP contribution in [0.15, 0.2) is 0 Å². The molecule has 13 heavy (non-hydrogen) atoms. The molecule has 0 fully saturated rings. The first-order chi connectivity index (χ1) is 5.78. The Morgan fingerprint density at radius 2 is 1.62 bits per heavy atom. The quantitative estimate of drug-likeness (QED) is 0.390. The maximum Gasteiger partial charge on any atom is 0.409 e. The van der Waals surface area contributed by atoms with E-state index in [9.17, 15) is 9.59 Å². The SMILES string of the molecule is CC(O)C(O)(OC(N)=O)OC(N)=O. The molecular weight excluding hydrogens is 184 g/mol. The first-order valence-corrected chi connectivity index (χ1v) is 3.15. The molecule has 6 N–H and O–H groups in total. The maximum atomic E-state index is 10.2. The first-order valence-electron chi connectivity index (χ1n) is 3.15. The van der Waals surface area contributed by atoms with Gasteiger partial charge in [-0.1, -0.05) is 0 Å². The van der Waals surface area contributed by atoms with E-state index in [1.807, 2.05) is 0 Å². The van der Waals surface area contributed by atoms with Gasteiger partial charge in [0.05, 0.1) is 0 Å². The lowest BCUT2D eigenvalue weighted by molar-refractivity contribution is -0.340. The molecule has 1 atom stereocenters. The van der Waals surface area contributed by atoms with Crippen LogP contribution >= 0.6 is 0 Å². The second-order valence-corrected chi connectivity index (χ2v) is 2.15. The van der Waals surface area contributed by atoms with Crippen molar-refractivity contribution < 1.29 is 29.3 Å². The van der Waals surface area contributed by atoms with Crippen LogP contribution in [0, 0.1) is 0 Å². The highest BCUT2D eigenvalue weighted by molar-refractivity contribution is 5.67. The molecule has 0 aromatic carbocycles. The van der Waals surface area contributed by atoms with Crippen molar-refractivity contribution in [3.05, 3.63) is 0 Å². The fourth-order valence-corrected chi connectivity index (χ4v) is 0.480. The van der Waals surface area contributed by atoms with Crippen LogP contribution in [0.4, 0.5) is 9.59 Å². The summed E-state index contributed by atoms with van der Waals surface area (Å²) in [6, 6.07) is 0. The van der Waals surface area contributed by atoms with Crippen molar-refractivity contribution in [2.45, 2.75) is 19.0 Å². The Morgan fingerprint density at radius 3 is 1.77 bits per heavy atom. The van der Waals surface area contributed by atoms with Gasteiger partial charge in [-0.05, 0) is 6.92 Å². The fraction of sp³-hybridized carbons (Fsp3) is 0.600. The van der Waals surface area contributed by atoms with Gasteiger partial charge >= 0.3 is 18.2 Å². The van der Waals surface area contributed by atoms with Crippen LogP contribution in [0.25, 0.3) is 0 Å². The van der Waals surface area contributed by atoms with Crippen molar-refractivity contribution in [1.29, 1.82) is 0 Å². The van der Waals surface area contributed by atoms with Crippen molar-refractivity contribution in [3.8, 4) is 0 Å². The number of carbonyl (C=O) groups is 2. The second-order valence-electron chi connectivity index (χ2n) is 2.15. The summed E-state index contributed by atoms with van der Waals surface area (Å²) in [6.07, 6.45) is -4.54. The van der Waals surface area contributed by atoms with Crippen molar-refractivity contribution in [1.82, 2.24) is 0 Å². The summed E-state index contributed by atoms with van der Waals surface area (Å²) in [7, 11) is 0. The Kier molecular flexibility index (Phi) is 3.45. The van der Waals surface area contributed by atoms with Crippen LogP contribution in [0.1, 0.15) is 6.92 Å². The zero-order chi connectivity index (χ0) is 10.6. The van der Waals surface area contributed by atoms with E-state index >= 15 is 0 Å². The molecule has 0 spiro atoms. The highest BCUT2D eigenvalue weighted by Crippen LogP contribution is 2.14. The lowest BCUT2D eigenvalue weighted by Crippen LogP contribution is -2.50. The maximum absolute atomic E-state index is 10.2. The Balaban J connectivity index is 4.52. The Labute approximate surface area is 73.0 Å². The molecule has 0 aromatic rings. The zero-order valence-electron chi connectivity index (χ0n) is 6.76. The van der Waals surface area contributed by atoms with E-state index in [0.717, 1.165) is 6.92 Å². The molecule has 0 saturated heterocycles. The van der Waals surface area contributed by atoms with E-state index in [1.165, 1.54) is 0 Å². The molecule has 0 bridgehead atoms. The molecular formula is C5H10N2O6. The molecule has 0 heterocycles. The van der Waals surface area contributed by atoms with Gasteiger partial charge in [-0.3, -0.25) is 0 Å². The largest absolute Gasteiger partial charge is 0.409 e. The van der Waals surface area contributed by atoms with Gasteiger partial charge in [-0.15, -0.1) is 0 Å². The molecule has 8 heteroatoms. The van der Waals surface area contributed by atoms with Gasteiger partial charge in [-0.25, -0.2) is 9.59 Å². The topological polar surface area (TPSA) is 145 Å². The van der Waals surface area contributed by atoms with E-state index < -0.39 is 24.3 Å². The van der Waals surface area contributed by atoms with Gasteiger partial charge in [0.2, 0.25) is 0 Å². The molecule has 8 nitrogen and oxygen atoms in total. The van der Waals surface area contributed by atoms with E-state index in [1.54, 1.807) is 0 Å². The standard InChI is InChI=1S/C5H10N2O6/c1-2(8)5(11,12-3(6)9)13-4(7)10/h2,8,11H,1H3,(H2,6,9)(H2,7,10). The van der Waals surface area contributed by atoms with Crippen molar-refractivity contribution >= 4 is 12.2 Å². The summed E-state index contributed by atoms with van der Waals surface area (Å²) in [6.45, 7) is 1.01. The highest BCUT2D eigenvalue weighted by atomic mass is 16.9. The monoisotopic (exact) mass is 194 g/mol. The molecule has 0 radical (unpaired) electrons. The summed E-state index contributed by atoms with van der Waals surface area (Å²) >= 11 is 0. The van der Waals surface area contributed by atoms with Crippen molar-refractivity contribution in [2.75, 3.05) is 0 Å². The van der Waals surface area contributed by atoms with E-state index in [0.29, 0.717) is 0 Å². The molecule has 0 aliphatic rings. The number of carbonyl (C=O) groups excluding carboxylic acids is 2. The smallest absolute Gasteiger partial charge is 0.382 e. The Hall–Kier alpha value is -1.54. The van der Waals surface area contributed by atoms with Gasteiger partial charge < -0.3 is 31.2 Å². The lowest BCUT2D eigenvalue weighted by atomic mass is 10.3. The van der Waals surface area contributed by atoms with Gasteiger partial charge in [0, 0.05) is 0 Å². The number of amides is 2. The third-order valence-electron chi connectivity index (χ3n) is 1.02. The number of aliphatic hydroxyl groups excluding tert-OH is 1.